The quantitative estimate of drug-likeness (QED) is 0.108. The van der Waals surface area contributed by atoms with Crippen molar-refractivity contribution >= 4 is 37.9 Å². The van der Waals surface area contributed by atoms with E-state index in [2.05, 4.69) is 159 Å². The summed E-state index contributed by atoms with van der Waals surface area (Å²) in [5.74, 6) is 0.647. The molecule has 0 N–H and O–H groups in total. The van der Waals surface area contributed by atoms with Gasteiger partial charge in [-0.2, -0.15) is 0 Å². The lowest BCUT2D eigenvalue weighted by atomic mass is 9.80. The predicted molar refractivity (Wildman–Crippen MR) is 235 cm³/mol. The molecule has 1 aliphatic rings. The van der Waals surface area contributed by atoms with Crippen LogP contribution >= 0.6 is 0 Å². The monoisotopic (exact) mass is 697 g/mol. The molecular weight excluding hydrogens is 651 g/mol. The summed E-state index contributed by atoms with van der Waals surface area (Å²) >= 11 is 0. The van der Waals surface area contributed by atoms with Crippen molar-refractivity contribution < 1.29 is 0 Å². The van der Waals surface area contributed by atoms with Gasteiger partial charge in [-0.15, -0.1) is 0 Å². The Labute approximate surface area is 320 Å². The molecule has 0 amide bonds. The number of aromatic nitrogens is 1. The van der Waals surface area contributed by atoms with E-state index >= 15 is 0 Å². The second-order valence-electron chi connectivity index (χ2n) is 14.6. The van der Waals surface area contributed by atoms with Gasteiger partial charge in [0.25, 0.3) is 0 Å². The zero-order valence-electron chi connectivity index (χ0n) is 31.4. The number of nitrogens with zero attached hydrogens (tertiary/aromatic N) is 1. The van der Waals surface area contributed by atoms with Crippen LogP contribution in [0.25, 0.3) is 71.3 Å². The molecule has 0 bridgehead atoms. The van der Waals surface area contributed by atoms with Crippen molar-refractivity contribution in [2.45, 2.75) is 51.9 Å². The fraction of sp³-hybridized carbons (Fsp3) is 0.151. The molecule has 1 fully saturated rings. The maximum Gasteiger partial charge on any atom is 0.0707 e. The minimum Gasteiger partial charge on any atom is -0.256 e. The first kappa shape index (κ1) is 35.0. The summed E-state index contributed by atoms with van der Waals surface area (Å²) in [5, 5.41) is 7.85. The van der Waals surface area contributed by atoms with Crippen LogP contribution in [0.2, 0.25) is 0 Å². The van der Waals surface area contributed by atoms with Crippen molar-refractivity contribution in [2.24, 2.45) is 0 Å². The van der Waals surface area contributed by atoms with E-state index in [4.69, 9.17) is 4.98 Å². The largest absolute Gasteiger partial charge is 0.256 e. The van der Waals surface area contributed by atoms with Crippen molar-refractivity contribution in [3.05, 3.63) is 193 Å². The third-order valence-electron chi connectivity index (χ3n) is 11.2. The molecule has 1 aromatic heterocycles. The van der Waals surface area contributed by atoms with Crippen LogP contribution in [0, 0.1) is 0 Å². The molecule has 1 saturated carbocycles. The van der Waals surface area contributed by atoms with Crippen LogP contribution in [-0.4, -0.2) is 4.98 Å². The summed E-state index contributed by atoms with van der Waals surface area (Å²) in [6.07, 6.45) is 22.8. The molecule has 1 aliphatic carbocycles. The van der Waals surface area contributed by atoms with E-state index in [-0.39, 0.29) is 0 Å². The standard InChI is InChI=1S/C53H47N/c1-4-6-8-18-37(3)31-32-38(5-2)51-36-41(33-34-54-51)40-21-15-22-42(35-40)52-47-23-11-13-25-49(47)53(50-26-14-12-24-48(50)52)46-30-17-28-44-43(27-16-29-45(44)46)39-19-9-7-10-20-39/h4-6,8,11-18,21-36,39H,2,7,9-10,19-20H2,1,3H3/b6-4-,18-8-,37-31+,38-32+. The zero-order valence-corrected chi connectivity index (χ0v) is 31.4. The Hall–Kier alpha value is -6.05. The fourth-order valence-electron chi connectivity index (χ4n) is 8.53. The van der Waals surface area contributed by atoms with Gasteiger partial charge in [0.2, 0.25) is 0 Å². The van der Waals surface area contributed by atoms with Gasteiger partial charge in [0.15, 0.2) is 0 Å². The molecule has 1 heterocycles. The highest BCUT2D eigenvalue weighted by Gasteiger charge is 2.21. The Bertz CT molecular complexity index is 2560. The molecule has 1 heteroatoms. The van der Waals surface area contributed by atoms with Gasteiger partial charge in [-0.05, 0) is 128 Å². The summed E-state index contributed by atoms with van der Waals surface area (Å²) in [6, 6.07) is 45.3. The molecule has 264 valence electrons. The fourth-order valence-corrected chi connectivity index (χ4v) is 8.53. The van der Waals surface area contributed by atoms with Crippen LogP contribution in [-0.2, 0) is 0 Å². The molecule has 1 nitrogen and oxygen atoms in total. The Balaban J connectivity index is 1.26. The second kappa shape index (κ2) is 15.9. The summed E-state index contributed by atoms with van der Waals surface area (Å²) < 4.78 is 0. The van der Waals surface area contributed by atoms with Crippen molar-refractivity contribution in [3.63, 3.8) is 0 Å². The van der Waals surface area contributed by atoms with E-state index in [0.717, 1.165) is 28.0 Å². The molecule has 0 spiro atoms. The minimum absolute atomic E-state index is 0.647. The Kier molecular flexibility index (Phi) is 10.3. The summed E-state index contributed by atoms with van der Waals surface area (Å²) in [5.41, 5.74) is 11.9. The van der Waals surface area contributed by atoms with Gasteiger partial charge in [-0.25, -0.2) is 0 Å². The van der Waals surface area contributed by atoms with Crippen molar-refractivity contribution in [1.82, 2.24) is 4.98 Å². The summed E-state index contributed by atoms with van der Waals surface area (Å²) in [6.45, 7) is 8.23. The van der Waals surface area contributed by atoms with Crippen molar-refractivity contribution in [2.75, 3.05) is 0 Å². The minimum atomic E-state index is 0.647. The molecule has 0 atom stereocenters. The normalized spacial score (nSPS) is 14.6. The first-order chi connectivity index (χ1) is 26.6. The zero-order chi connectivity index (χ0) is 36.9. The van der Waals surface area contributed by atoms with E-state index in [0.29, 0.717) is 5.92 Å². The molecule has 0 unspecified atom stereocenters. The smallest absolute Gasteiger partial charge is 0.0707 e. The SMILES string of the molecule is C=C\C(=C/C=C(C)/C=C\C=C/C)c1cc(-c2cccc(-c3c4ccccc4c(-c4cccc5c(C6CCCCC6)cccc45)c4ccccc34)c2)ccn1. The second-order valence-corrected chi connectivity index (χ2v) is 14.6. The molecule has 0 saturated heterocycles. The van der Waals surface area contributed by atoms with Gasteiger partial charge in [-0.1, -0.05) is 177 Å². The van der Waals surface area contributed by atoms with Crippen LogP contribution < -0.4 is 0 Å². The van der Waals surface area contributed by atoms with Gasteiger partial charge in [0.05, 0.1) is 5.69 Å². The van der Waals surface area contributed by atoms with E-state index in [1.165, 1.54) is 92.2 Å². The highest BCUT2D eigenvalue weighted by Crippen LogP contribution is 2.47. The highest BCUT2D eigenvalue weighted by molar-refractivity contribution is 6.23. The van der Waals surface area contributed by atoms with Gasteiger partial charge >= 0.3 is 0 Å². The van der Waals surface area contributed by atoms with E-state index < -0.39 is 0 Å². The van der Waals surface area contributed by atoms with Crippen LogP contribution in [0.15, 0.2) is 182 Å². The number of fused-ring (bicyclic) bond motifs is 3. The molecular formula is C53H47N. The lowest BCUT2D eigenvalue weighted by Crippen LogP contribution is -2.05. The first-order valence-electron chi connectivity index (χ1n) is 19.5. The third-order valence-corrected chi connectivity index (χ3v) is 11.2. The van der Waals surface area contributed by atoms with Gasteiger partial charge in [-0.3, -0.25) is 4.98 Å². The van der Waals surface area contributed by atoms with Crippen molar-refractivity contribution in [3.8, 4) is 33.4 Å². The number of pyridine rings is 1. The number of hydrogen-bond acceptors (Lipinski definition) is 1. The topological polar surface area (TPSA) is 12.9 Å². The van der Waals surface area contributed by atoms with Crippen LogP contribution in [0.5, 0.6) is 0 Å². The highest BCUT2D eigenvalue weighted by atomic mass is 14.7. The predicted octanol–water partition coefficient (Wildman–Crippen LogP) is 15.2. The molecule has 7 aromatic rings. The lowest BCUT2D eigenvalue weighted by Gasteiger charge is -2.24. The maximum absolute atomic E-state index is 4.75. The lowest BCUT2D eigenvalue weighted by molar-refractivity contribution is 0.445. The van der Waals surface area contributed by atoms with Crippen LogP contribution in [0.4, 0.5) is 0 Å². The summed E-state index contributed by atoms with van der Waals surface area (Å²) in [7, 11) is 0. The first-order valence-corrected chi connectivity index (χ1v) is 19.5. The molecule has 0 aliphatic heterocycles. The molecule has 8 rings (SSSR count). The van der Waals surface area contributed by atoms with E-state index in [1.807, 2.05) is 31.3 Å². The Morgan fingerprint density at radius 2 is 1.24 bits per heavy atom. The average molecular weight is 698 g/mol. The molecule has 6 aromatic carbocycles. The Morgan fingerprint density at radius 1 is 0.611 bits per heavy atom. The molecule has 54 heavy (non-hydrogen) atoms. The maximum atomic E-state index is 4.75. The van der Waals surface area contributed by atoms with Crippen LogP contribution in [0.1, 0.15) is 63.1 Å². The average Bonchev–Trinajstić information content (AvgIpc) is 3.23. The van der Waals surface area contributed by atoms with Crippen molar-refractivity contribution in [1.29, 1.82) is 0 Å². The Morgan fingerprint density at radius 3 is 1.96 bits per heavy atom. The number of benzene rings is 6. The number of hydrogen-bond donors (Lipinski definition) is 0. The number of rotatable bonds is 9. The van der Waals surface area contributed by atoms with Crippen LogP contribution in [0.3, 0.4) is 0 Å². The van der Waals surface area contributed by atoms with E-state index in [1.54, 1.807) is 0 Å². The number of allylic oxidation sites excluding steroid dienone is 9. The van der Waals surface area contributed by atoms with Gasteiger partial charge in [0.1, 0.15) is 0 Å². The summed E-state index contributed by atoms with van der Waals surface area (Å²) in [4.78, 5) is 4.75. The van der Waals surface area contributed by atoms with E-state index in [9.17, 15) is 0 Å². The molecule has 0 radical (unpaired) electrons. The third kappa shape index (κ3) is 6.91. The van der Waals surface area contributed by atoms with Gasteiger partial charge < -0.3 is 0 Å². The van der Waals surface area contributed by atoms with Gasteiger partial charge in [0, 0.05) is 6.20 Å².